The minimum atomic E-state index is -0.986. The summed E-state index contributed by atoms with van der Waals surface area (Å²) in [6.45, 7) is 1.72. The summed E-state index contributed by atoms with van der Waals surface area (Å²) in [7, 11) is 0. The van der Waals surface area contributed by atoms with Crippen LogP contribution in [-0.4, -0.2) is 28.7 Å². The maximum Gasteiger partial charge on any atom is 0.346 e. The van der Waals surface area contributed by atoms with Crippen LogP contribution in [0.1, 0.15) is 24.5 Å². The molecule has 1 saturated heterocycles. The van der Waals surface area contributed by atoms with Gasteiger partial charge >= 0.3 is 6.03 Å². The van der Waals surface area contributed by atoms with Gasteiger partial charge in [0, 0.05) is 0 Å². The van der Waals surface area contributed by atoms with Crippen LogP contribution in [0.4, 0.5) is 4.79 Å². The normalized spacial score (nSPS) is 20.4. The first-order valence-electron chi connectivity index (χ1n) is 8.65. The molecule has 2 aromatic carbocycles. The van der Waals surface area contributed by atoms with Crippen molar-refractivity contribution in [1.82, 2.24) is 10.3 Å². The predicted octanol–water partition coefficient (Wildman–Crippen LogP) is 4.20. The summed E-state index contributed by atoms with van der Waals surface area (Å²) < 4.78 is 0. The van der Waals surface area contributed by atoms with Crippen molar-refractivity contribution in [2.45, 2.75) is 25.3 Å². The molecule has 3 amide bonds. The van der Waals surface area contributed by atoms with Crippen LogP contribution in [0.15, 0.2) is 70.8 Å². The summed E-state index contributed by atoms with van der Waals surface area (Å²) in [6.07, 6.45) is 4.17. The number of hydrazone groups is 1. The van der Waals surface area contributed by atoms with Crippen molar-refractivity contribution in [2.24, 2.45) is 5.10 Å². The van der Waals surface area contributed by atoms with E-state index in [2.05, 4.69) is 10.4 Å². The number of imide groups is 1. The largest absolute Gasteiger partial charge is 0.346 e. The molecule has 0 spiro atoms. The molecule has 3 rings (SSSR count). The molecule has 1 fully saturated rings. The van der Waals surface area contributed by atoms with Gasteiger partial charge in [-0.2, -0.15) is 5.10 Å². The SMILES string of the molecule is C[C@]1(CCc2ccccc2)NC(=O)N(/N=C\C(Cl)=C\c2ccccc2)C1=O. The Bertz CT molecular complexity index is 881. The lowest BCUT2D eigenvalue weighted by Crippen LogP contribution is -2.44. The van der Waals surface area contributed by atoms with Gasteiger partial charge in [-0.05, 0) is 37.0 Å². The second-order valence-corrected chi connectivity index (χ2v) is 6.99. The minimum Gasteiger partial charge on any atom is -0.322 e. The zero-order chi connectivity index (χ0) is 19.3. The number of nitrogens with zero attached hydrogens (tertiary/aromatic N) is 2. The lowest BCUT2D eigenvalue weighted by molar-refractivity contribution is -0.130. The van der Waals surface area contributed by atoms with Crippen molar-refractivity contribution in [3.8, 4) is 0 Å². The van der Waals surface area contributed by atoms with Crippen LogP contribution in [-0.2, 0) is 11.2 Å². The number of nitrogens with one attached hydrogen (secondary N) is 1. The zero-order valence-electron chi connectivity index (χ0n) is 14.9. The number of halogens is 1. The van der Waals surface area contributed by atoms with Crippen molar-refractivity contribution in [3.63, 3.8) is 0 Å². The van der Waals surface area contributed by atoms with E-state index in [1.165, 1.54) is 6.21 Å². The van der Waals surface area contributed by atoms with Crippen LogP contribution in [0.3, 0.4) is 0 Å². The second kappa shape index (κ2) is 8.18. The number of aryl methyl sites for hydroxylation is 1. The van der Waals surface area contributed by atoms with Crippen LogP contribution < -0.4 is 5.32 Å². The van der Waals surface area contributed by atoms with Gasteiger partial charge in [-0.3, -0.25) is 4.79 Å². The summed E-state index contributed by atoms with van der Waals surface area (Å²) in [5.41, 5.74) is 1.02. The summed E-state index contributed by atoms with van der Waals surface area (Å²) in [5, 5.41) is 7.87. The highest BCUT2D eigenvalue weighted by Crippen LogP contribution is 2.23. The van der Waals surface area contributed by atoms with Crippen LogP contribution in [0.25, 0.3) is 6.08 Å². The van der Waals surface area contributed by atoms with E-state index in [4.69, 9.17) is 11.6 Å². The fourth-order valence-electron chi connectivity index (χ4n) is 2.84. The van der Waals surface area contributed by atoms with Gasteiger partial charge in [0.25, 0.3) is 5.91 Å². The first kappa shape index (κ1) is 18.9. The fraction of sp³-hybridized carbons (Fsp3) is 0.190. The molecule has 0 aromatic heterocycles. The van der Waals surface area contributed by atoms with Crippen LogP contribution >= 0.6 is 11.6 Å². The third-order valence-electron chi connectivity index (χ3n) is 4.40. The van der Waals surface area contributed by atoms with E-state index in [1.807, 2.05) is 60.7 Å². The Labute approximate surface area is 163 Å². The highest BCUT2D eigenvalue weighted by atomic mass is 35.5. The maximum absolute atomic E-state index is 12.7. The van der Waals surface area contributed by atoms with Crippen LogP contribution in [0.2, 0.25) is 0 Å². The van der Waals surface area contributed by atoms with Crippen molar-refractivity contribution < 1.29 is 9.59 Å². The van der Waals surface area contributed by atoms with E-state index in [1.54, 1.807) is 13.0 Å². The molecule has 0 aliphatic carbocycles. The number of amides is 3. The first-order chi connectivity index (χ1) is 13.0. The zero-order valence-corrected chi connectivity index (χ0v) is 15.7. The highest BCUT2D eigenvalue weighted by molar-refractivity contribution is 6.41. The van der Waals surface area contributed by atoms with E-state index in [9.17, 15) is 9.59 Å². The van der Waals surface area contributed by atoms with Crippen molar-refractivity contribution in [2.75, 3.05) is 0 Å². The molecule has 0 bridgehead atoms. The molecule has 0 saturated carbocycles. The number of hydrogen-bond donors (Lipinski definition) is 1. The Morgan fingerprint density at radius 3 is 2.41 bits per heavy atom. The van der Waals surface area contributed by atoms with Crippen molar-refractivity contribution >= 4 is 35.8 Å². The molecule has 5 nitrogen and oxygen atoms in total. The Morgan fingerprint density at radius 2 is 1.74 bits per heavy atom. The summed E-state index contributed by atoms with van der Waals surface area (Å²) >= 11 is 6.14. The molecule has 2 aromatic rings. The smallest absolute Gasteiger partial charge is 0.322 e. The van der Waals surface area contributed by atoms with E-state index >= 15 is 0 Å². The van der Waals surface area contributed by atoms with Gasteiger partial charge in [0.2, 0.25) is 0 Å². The minimum absolute atomic E-state index is 0.319. The molecular formula is C21H20ClN3O2. The Balaban J connectivity index is 1.67. The van der Waals surface area contributed by atoms with E-state index in [0.29, 0.717) is 17.9 Å². The quantitative estimate of drug-likeness (QED) is 0.602. The molecular weight excluding hydrogens is 362 g/mol. The summed E-state index contributed by atoms with van der Waals surface area (Å²) in [4.78, 5) is 24.9. The monoisotopic (exact) mass is 381 g/mol. The lowest BCUT2D eigenvalue weighted by atomic mass is 9.93. The third-order valence-corrected chi connectivity index (χ3v) is 4.60. The van der Waals surface area contributed by atoms with E-state index in [0.717, 1.165) is 16.1 Å². The molecule has 1 atom stereocenters. The van der Waals surface area contributed by atoms with Crippen molar-refractivity contribution in [3.05, 3.63) is 76.8 Å². The third kappa shape index (κ3) is 4.63. The van der Waals surface area contributed by atoms with Crippen LogP contribution in [0, 0.1) is 0 Å². The molecule has 1 heterocycles. The van der Waals surface area contributed by atoms with Gasteiger partial charge in [-0.15, -0.1) is 5.01 Å². The van der Waals surface area contributed by atoms with Gasteiger partial charge in [0.15, 0.2) is 0 Å². The average molecular weight is 382 g/mol. The number of urea groups is 1. The second-order valence-electron chi connectivity index (χ2n) is 6.55. The number of hydrogen-bond acceptors (Lipinski definition) is 3. The topological polar surface area (TPSA) is 61.8 Å². The van der Waals surface area contributed by atoms with E-state index < -0.39 is 11.6 Å². The Morgan fingerprint density at radius 1 is 1.11 bits per heavy atom. The molecule has 1 aliphatic heterocycles. The maximum atomic E-state index is 12.7. The van der Waals surface area contributed by atoms with Gasteiger partial charge < -0.3 is 5.32 Å². The average Bonchev–Trinajstić information content (AvgIpc) is 2.89. The highest BCUT2D eigenvalue weighted by Gasteiger charge is 2.47. The summed E-state index contributed by atoms with van der Waals surface area (Å²) in [5.74, 6) is -0.385. The molecule has 1 aliphatic rings. The fourth-order valence-corrected chi connectivity index (χ4v) is 3.01. The standard InChI is InChI=1S/C21H20ClN3O2/c1-21(13-12-16-8-4-2-5-9-16)19(26)25(20(27)24-21)23-15-18(22)14-17-10-6-3-7-11-17/h2-11,14-15H,12-13H2,1H3,(H,24,27)/b18-14-,23-15-/t21-/m1/s1. The number of carbonyl (C=O) groups is 2. The Kier molecular flexibility index (Phi) is 5.72. The van der Waals surface area contributed by atoms with Gasteiger partial charge in [-0.25, -0.2) is 4.79 Å². The molecule has 138 valence electrons. The lowest BCUT2D eigenvalue weighted by Gasteiger charge is -2.20. The van der Waals surface area contributed by atoms with Gasteiger partial charge in [0.1, 0.15) is 5.54 Å². The number of rotatable bonds is 6. The van der Waals surface area contributed by atoms with Crippen molar-refractivity contribution in [1.29, 1.82) is 0 Å². The first-order valence-corrected chi connectivity index (χ1v) is 9.03. The summed E-state index contributed by atoms with van der Waals surface area (Å²) in [6, 6.07) is 18.8. The number of carbonyl (C=O) groups excluding carboxylic acids is 2. The Hall–Kier alpha value is -2.92. The predicted molar refractivity (Wildman–Crippen MR) is 107 cm³/mol. The molecule has 1 N–H and O–H groups in total. The van der Waals surface area contributed by atoms with Gasteiger partial charge in [0.05, 0.1) is 11.2 Å². The molecule has 6 heteroatoms. The van der Waals surface area contributed by atoms with Crippen LogP contribution in [0.5, 0.6) is 0 Å². The number of allylic oxidation sites excluding steroid dienone is 1. The molecule has 27 heavy (non-hydrogen) atoms. The van der Waals surface area contributed by atoms with Gasteiger partial charge in [-0.1, -0.05) is 72.3 Å². The molecule has 0 unspecified atom stereocenters. The van der Waals surface area contributed by atoms with E-state index in [-0.39, 0.29) is 5.91 Å². The molecule has 0 radical (unpaired) electrons. The number of benzene rings is 2.